The van der Waals surface area contributed by atoms with Crippen molar-refractivity contribution in [3.05, 3.63) is 0 Å². The van der Waals surface area contributed by atoms with Crippen molar-refractivity contribution in [1.29, 1.82) is 0 Å². The first kappa shape index (κ1) is 14.3. The molecular formula is C8H18N2O4S. The molecule has 0 fully saturated rings. The largest absolute Gasteiger partial charge is 0.395 e. The fourth-order valence-electron chi connectivity index (χ4n) is 1.06. The fourth-order valence-corrected chi connectivity index (χ4v) is 2.26. The van der Waals surface area contributed by atoms with Crippen molar-refractivity contribution in [3.63, 3.8) is 0 Å². The molecule has 0 heterocycles. The summed E-state index contributed by atoms with van der Waals surface area (Å²) in [6, 6.07) is 0. The zero-order valence-electron chi connectivity index (χ0n) is 9.06. The van der Waals surface area contributed by atoms with Crippen LogP contribution in [-0.2, 0) is 14.8 Å². The van der Waals surface area contributed by atoms with E-state index in [0.717, 1.165) is 4.31 Å². The minimum absolute atomic E-state index is 0.188. The van der Waals surface area contributed by atoms with Gasteiger partial charge in [-0.1, -0.05) is 6.92 Å². The molecule has 2 N–H and O–H groups in total. The highest BCUT2D eigenvalue weighted by atomic mass is 32.2. The second kappa shape index (κ2) is 6.76. The average Bonchev–Trinajstić information content (AvgIpc) is 2.14. The highest BCUT2D eigenvalue weighted by Gasteiger charge is 2.21. The molecule has 0 spiro atoms. The summed E-state index contributed by atoms with van der Waals surface area (Å²) in [7, 11) is -3.51. The first-order valence-electron chi connectivity index (χ1n) is 4.83. The van der Waals surface area contributed by atoms with Crippen LogP contribution >= 0.6 is 0 Å². The van der Waals surface area contributed by atoms with Crippen molar-refractivity contribution in [2.24, 2.45) is 0 Å². The van der Waals surface area contributed by atoms with Crippen LogP contribution in [0.1, 0.15) is 13.8 Å². The van der Waals surface area contributed by atoms with E-state index in [-0.39, 0.29) is 24.7 Å². The van der Waals surface area contributed by atoms with Crippen LogP contribution < -0.4 is 5.32 Å². The Bertz CT molecular complexity index is 289. The normalized spacial score (nSPS) is 11.7. The summed E-state index contributed by atoms with van der Waals surface area (Å²) in [4.78, 5) is 11.2. The molecule has 0 aliphatic rings. The predicted molar refractivity (Wildman–Crippen MR) is 56.8 cm³/mol. The van der Waals surface area contributed by atoms with Crippen molar-refractivity contribution in [1.82, 2.24) is 9.62 Å². The zero-order valence-corrected chi connectivity index (χ0v) is 9.88. The number of likely N-dealkylation sites (N-methyl/N-ethyl adjacent to an activating group) is 2. The van der Waals surface area contributed by atoms with Crippen LogP contribution in [0.5, 0.6) is 0 Å². The van der Waals surface area contributed by atoms with E-state index in [1.54, 1.807) is 13.8 Å². The van der Waals surface area contributed by atoms with Crippen molar-refractivity contribution in [2.45, 2.75) is 13.8 Å². The molecule has 0 aromatic carbocycles. The van der Waals surface area contributed by atoms with Gasteiger partial charge in [-0.05, 0) is 6.92 Å². The second-order valence-corrected chi connectivity index (χ2v) is 5.01. The topological polar surface area (TPSA) is 86.7 Å². The van der Waals surface area contributed by atoms with E-state index in [1.807, 2.05) is 0 Å². The third-order valence-electron chi connectivity index (χ3n) is 1.79. The monoisotopic (exact) mass is 238 g/mol. The number of amides is 1. The van der Waals surface area contributed by atoms with E-state index in [4.69, 9.17) is 5.11 Å². The van der Waals surface area contributed by atoms with Gasteiger partial charge in [-0.3, -0.25) is 4.79 Å². The van der Waals surface area contributed by atoms with E-state index in [9.17, 15) is 13.2 Å². The van der Waals surface area contributed by atoms with Crippen LogP contribution in [0.25, 0.3) is 0 Å². The fraction of sp³-hybridized carbons (Fsp3) is 0.875. The quantitative estimate of drug-likeness (QED) is 0.581. The maximum absolute atomic E-state index is 11.5. The Morgan fingerprint density at radius 2 is 2.00 bits per heavy atom. The van der Waals surface area contributed by atoms with Crippen LogP contribution in [0.2, 0.25) is 0 Å². The molecule has 90 valence electrons. The predicted octanol–water partition coefficient (Wildman–Crippen LogP) is -1.23. The molecule has 0 unspecified atom stereocenters. The lowest BCUT2D eigenvalue weighted by molar-refractivity contribution is -0.121. The van der Waals surface area contributed by atoms with Crippen molar-refractivity contribution in [3.8, 4) is 0 Å². The number of aliphatic hydroxyl groups excluding tert-OH is 1. The highest BCUT2D eigenvalue weighted by molar-refractivity contribution is 7.89. The van der Waals surface area contributed by atoms with Crippen molar-refractivity contribution >= 4 is 15.9 Å². The summed E-state index contributed by atoms with van der Waals surface area (Å²) in [5.41, 5.74) is 0. The van der Waals surface area contributed by atoms with E-state index >= 15 is 0 Å². The Kier molecular flexibility index (Phi) is 6.46. The number of hydrogen-bond acceptors (Lipinski definition) is 4. The number of carbonyl (C=O) groups is 1. The Morgan fingerprint density at radius 1 is 1.40 bits per heavy atom. The van der Waals surface area contributed by atoms with E-state index in [1.165, 1.54) is 0 Å². The van der Waals surface area contributed by atoms with Gasteiger partial charge in [0.1, 0.15) is 0 Å². The molecular weight excluding hydrogens is 220 g/mol. The van der Waals surface area contributed by atoms with Gasteiger partial charge in [0.2, 0.25) is 15.9 Å². The van der Waals surface area contributed by atoms with Crippen LogP contribution in [0.4, 0.5) is 0 Å². The molecule has 7 heteroatoms. The molecule has 0 saturated heterocycles. The molecule has 1 amide bonds. The van der Waals surface area contributed by atoms with Crippen molar-refractivity contribution < 1.29 is 18.3 Å². The third-order valence-corrected chi connectivity index (χ3v) is 3.66. The first-order chi connectivity index (χ1) is 6.97. The van der Waals surface area contributed by atoms with Gasteiger partial charge in [0, 0.05) is 13.1 Å². The van der Waals surface area contributed by atoms with Gasteiger partial charge in [-0.25, -0.2) is 8.42 Å². The lowest BCUT2D eigenvalue weighted by atomic mass is 10.5. The van der Waals surface area contributed by atoms with Gasteiger partial charge in [-0.15, -0.1) is 0 Å². The molecule has 0 atom stereocenters. The Hall–Kier alpha value is -0.660. The van der Waals surface area contributed by atoms with Gasteiger partial charge in [0.05, 0.1) is 18.9 Å². The smallest absolute Gasteiger partial charge is 0.235 e. The van der Waals surface area contributed by atoms with E-state index in [2.05, 4.69) is 5.32 Å². The highest BCUT2D eigenvalue weighted by Crippen LogP contribution is 2.00. The van der Waals surface area contributed by atoms with Crippen LogP contribution in [0.3, 0.4) is 0 Å². The molecule has 0 saturated carbocycles. The minimum atomic E-state index is -3.51. The maximum Gasteiger partial charge on any atom is 0.235 e. The minimum Gasteiger partial charge on any atom is -0.395 e. The van der Waals surface area contributed by atoms with Gasteiger partial charge >= 0.3 is 0 Å². The zero-order chi connectivity index (χ0) is 11.9. The molecule has 0 bridgehead atoms. The number of hydrogen-bond donors (Lipinski definition) is 2. The molecule has 0 aromatic rings. The molecule has 6 nitrogen and oxygen atoms in total. The lowest BCUT2D eigenvalue weighted by Crippen LogP contribution is -2.41. The molecule has 0 aliphatic heterocycles. The Labute approximate surface area is 90.3 Å². The lowest BCUT2D eigenvalue weighted by Gasteiger charge is -2.19. The standard InChI is InChI=1S/C8H18N2O4S/c1-3-9-8(12)7-10(4-2)15(13,14)6-5-11/h11H,3-7H2,1-2H3,(H,9,12). The third kappa shape index (κ3) is 5.10. The SMILES string of the molecule is CCNC(=O)CN(CC)S(=O)(=O)CCO. The second-order valence-electron chi connectivity index (χ2n) is 2.92. The molecule has 15 heavy (non-hydrogen) atoms. The van der Waals surface area contributed by atoms with Crippen LogP contribution in [-0.4, -0.2) is 55.7 Å². The number of rotatable bonds is 7. The summed E-state index contributed by atoms with van der Waals surface area (Å²) in [5, 5.41) is 11.1. The van der Waals surface area contributed by atoms with Gasteiger partial charge < -0.3 is 10.4 Å². The first-order valence-corrected chi connectivity index (χ1v) is 6.44. The number of nitrogens with one attached hydrogen (secondary N) is 1. The number of nitrogens with zero attached hydrogens (tertiary/aromatic N) is 1. The van der Waals surface area contributed by atoms with E-state index in [0.29, 0.717) is 6.54 Å². The molecule has 0 radical (unpaired) electrons. The number of aliphatic hydroxyl groups is 1. The number of carbonyl (C=O) groups excluding carboxylic acids is 1. The molecule has 0 rings (SSSR count). The van der Waals surface area contributed by atoms with Crippen molar-refractivity contribution in [2.75, 3.05) is 32.0 Å². The van der Waals surface area contributed by atoms with Crippen LogP contribution in [0.15, 0.2) is 0 Å². The summed E-state index contributed by atoms with van der Waals surface area (Å²) in [5.74, 6) is -0.680. The average molecular weight is 238 g/mol. The Balaban J connectivity index is 4.43. The van der Waals surface area contributed by atoms with E-state index < -0.39 is 16.6 Å². The maximum atomic E-state index is 11.5. The summed E-state index contributed by atoms with van der Waals surface area (Å²) in [6.07, 6.45) is 0. The summed E-state index contributed by atoms with van der Waals surface area (Å²) < 4.78 is 24.0. The number of sulfonamides is 1. The van der Waals surface area contributed by atoms with Gasteiger partial charge in [-0.2, -0.15) is 4.31 Å². The van der Waals surface area contributed by atoms with Gasteiger partial charge in [0.15, 0.2) is 0 Å². The molecule has 0 aliphatic carbocycles. The summed E-state index contributed by atoms with van der Waals surface area (Å²) in [6.45, 7) is 3.47. The van der Waals surface area contributed by atoms with Gasteiger partial charge in [0.25, 0.3) is 0 Å². The Morgan fingerprint density at radius 3 is 2.40 bits per heavy atom. The summed E-state index contributed by atoms with van der Waals surface area (Å²) >= 11 is 0. The van der Waals surface area contributed by atoms with Crippen LogP contribution in [0, 0.1) is 0 Å². The molecule has 0 aromatic heterocycles.